The van der Waals surface area contributed by atoms with Crippen molar-refractivity contribution >= 4 is 42.4 Å². The van der Waals surface area contributed by atoms with Crippen LogP contribution in [0.4, 0.5) is 5.13 Å². The van der Waals surface area contributed by atoms with E-state index >= 15 is 0 Å². The fourth-order valence-corrected chi connectivity index (χ4v) is 4.03. The number of benzene rings is 1. The van der Waals surface area contributed by atoms with Crippen LogP contribution < -0.4 is 14.2 Å². The molecule has 0 spiro atoms. The Morgan fingerprint density at radius 3 is 2.70 bits per heavy atom. The van der Waals surface area contributed by atoms with Gasteiger partial charge in [-0.15, -0.1) is 0 Å². The van der Waals surface area contributed by atoms with Crippen LogP contribution >= 0.6 is 27.3 Å². The first-order chi connectivity index (χ1) is 9.54. The summed E-state index contributed by atoms with van der Waals surface area (Å²) in [6.45, 7) is 0.869. The highest BCUT2D eigenvalue weighted by Crippen LogP contribution is 2.33. The second-order valence-electron chi connectivity index (χ2n) is 3.88. The normalized spacial score (nSPS) is 14.1. The van der Waals surface area contributed by atoms with Crippen LogP contribution in [0.15, 0.2) is 33.1 Å². The summed E-state index contributed by atoms with van der Waals surface area (Å²) in [7, 11) is -3.69. The number of nitrogens with zero attached hydrogens (tertiary/aromatic N) is 1. The maximum absolute atomic E-state index is 12.2. The number of hydrogen-bond acceptors (Lipinski definition) is 6. The number of thiazole rings is 1. The number of fused-ring (bicyclic) bond motifs is 1. The second kappa shape index (κ2) is 5.23. The number of rotatable bonds is 3. The number of nitrogens with one attached hydrogen (secondary N) is 1. The molecule has 1 aliphatic rings. The second-order valence-corrected chi connectivity index (χ2v) is 7.97. The molecule has 6 nitrogen and oxygen atoms in total. The average molecular weight is 377 g/mol. The maximum atomic E-state index is 12.2. The predicted molar refractivity (Wildman–Crippen MR) is 78.1 cm³/mol. The van der Waals surface area contributed by atoms with E-state index in [1.807, 2.05) is 0 Å². The first kappa shape index (κ1) is 13.7. The van der Waals surface area contributed by atoms with E-state index in [1.165, 1.54) is 29.7 Å². The number of anilines is 1. The zero-order valence-electron chi connectivity index (χ0n) is 10.00. The highest BCUT2D eigenvalue weighted by atomic mass is 79.9. The van der Waals surface area contributed by atoms with Crippen molar-refractivity contribution in [3.05, 3.63) is 28.2 Å². The first-order valence-electron chi connectivity index (χ1n) is 5.58. The van der Waals surface area contributed by atoms with E-state index in [0.29, 0.717) is 29.8 Å². The van der Waals surface area contributed by atoms with Crippen LogP contribution in [0.2, 0.25) is 0 Å². The fourth-order valence-electron chi connectivity index (χ4n) is 1.67. The van der Waals surface area contributed by atoms with Gasteiger partial charge in [-0.2, -0.15) is 0 Å². The molecule has 0 fully saturated rings. The summed E-state index contributed by atoms with van der Waals surface area (Å²) >= 11 is 4.43. The fraction of sp³-hybridized carbons (Fsp3) is 0.182. The smallest absolute Gasteiger partial charge is 0.263 e. The van der Waals surface area contributed by atoms with Crippen LogP contribution in [0.1, 0.15) is 0 Å². The molecule has 3 rings (SSSR count). The van der Waals surface area contributed by atoms with Crippen molar-refractivity contribution in [2.45, 2.75) is 4.90 Å². The lowest BCUT2D eigenvalue weighted by Crippen LogP contribution is -2.17. The van der Waals surface area contributed by atoms with Gasteiger partial charge in [0.05, 0.1) is 14.9 Å². The predicted octanol–water partition coefficient (Wildman–Crippen LogP) is 2.48. The van der Waals surface area contributed by atoms with E-state index in [-0.39, 0.29) is 4.90 Å². The van der Waals surface area contributed by atoms with Gasteiger partial charge in [-0.25, -0.2) is 13.4 Å². The SMILES string of the molecule is O=S(=O)(Nc1ncc(Br)s1)c1ccc2c(c1)OCCO2. The molecule has 106 valence electrons. The topological polar surface area (TPSA) is 77.5 Å². The van der Waals surface area contributed by atoms with Crippen LogP contribution in [0.5, 0.6) is 11.5 Å². The van der Waals surface area contributed by atoms with Crippen LogP contribution in [0, 0.1) is 0 Å². The van der Waals surface area contributed by atoms with E-state index in [9.17, 15) is 8.42 Å². The maximum Gasteiger partial charge on any atom is 0.263 e. The van der Waals surface area contributed by atoms with Crippen molar-refractivity contribution < 1.29 is 17.9 Å². The quantitative estimate of drug-likeness (QED) is 0.889. The summed E-state index contributed by atoms with van der Waals surface area (Å²) in [5.74, 6) is 0.978. The number of ether oxygens (including phenoxy) is 2. The molecule has 9 heteroatoms. The Labute approximate surface area is 127 Å². The van der Waals surface area contributed by atoms with Crippen LogP contribution in [-0.2, 0) is 10.0 Å². The van der Waals surface area contributed by atoms with Gasteiger partial charge in [0, 0.05) is 6.07 Å². The molecule has 0 unspecified atom stereocenters. The van der Waals surface area contributed by atoms with E-state index in [1.54, 1.807) is 6.07 Å². The summed E-state index contributed by atoms with van der Waals surface area (Å²) in [5, 5.41) is 0.298. The van der Waals surface area contributed by atoms with Gasteiger partial charge < -0.3 is 9.47 Å². The number of halogens is 1. The van der Waals surface area contributed by atoms with Gasteiger partial charge in [-0.3, -0.25) is 4.72 Å². The highest BCUT2D eigenvalue weighted by molar-refractivity contribution is 9.11. The minimum absolute atomic E-state index is 0.105. The van der Waals surface area contributed by atoms with Crippen LogP contribution in [0.3, 0.4) is 0 Å². The number of aromatic nitrogens is 1. The lowest BCUT2D eigenvalue weighted by Gasteiger charge is -2.18. The Morgan fingerprint density at radius 2 is 2.00 bits per heavy atom. The number of sulfonamides is 1. The zero-order chi connectivity index (χ0) is 14.2. The van der Waals surface area contributed by atoms with E-state index in [2.05, 4.69) is 25.6 Å². The lowest BCUT2D eigenvalue weighted by molar-refractivity contribution is 0.171. The molecule has 0 saturated carbocycles. The molecule has 1 aromatic carbocycles. The molecule has 20 heavy (non-hydrogen) atoms. The molecular formula is C11H9BrN2O4S2. The molecule has 1 aliphatic heterocycles. The molecule has 0 saturated heterocycles. The van der Waals surface area contributed by atoms with Crippen molar-refractivity contribution in [2.75, 3.05) is 17.9 Å². The van der Waals surface area contributed by atoms with Crippen molar-refractivity contribution in [3.8, 4) is 11.5 Å². The molecule has 1 aromatic heterocycles. The van der Waals surface area contributed by atoms with Crippen molar-refractivity contribution in [1.29, 1.82) is 0 Å². The van der Waals surface area contributed by atoms with Gasteiger partial charge in [-0.1, -0.05) is 11.3 Å². The Hall–Kier alpha value is -1.32. The van der Waals surface area contributed by atoms with Gasteiger partial charge >= 0.3 is 0 Å². The van der Waals surface area contributed by atoms with Gasteiger partial charge in [0.15, 0.2) is 16.6 Å². The Bertz CT molecular complexity index is 745. The lowest BCUT2D eigenvalue weighted by atomic mass is 10.3. The molecule has 2 heterocycles. The van der Waals surface area contributed by atoms with E-state index < -0.39 is 10.0 Å². The summed E-state index contributed by atoms with van der Waals surface area (Å²) in [5.41, 5.74) is 0. The molecule has 0 atom stereocenters. The third-order valence-electron chi connectivity index (χ3n) is 2.52. The molecule has 2 aromatic rings. The van der Waals surface area contributed by atoms with Crippen molar-refractivity contribution in [2.24, 2.45) is 0 Å². The van der Waals surface area contributed by atoms with E-state index in [4.69, 9.17) is 9.47 Å². The van der Waals surface area contributed by atoms with Crippen LogP contribution in [-0.4, -0.2) is 26.6 Å². The largest absolute Gasteiger partial charge is 0.486 e. The highest BCUT2D eigenvalue weighted by Gasteiger charge is 2.20. The number of hydrogen-bond donors (Lipinski definition) is 1. The molecule has 0 aliphatic carbocycles. The van der Waals surface area contributed by atoms with Crippen molar-refractivity contribution in [3.63, 3.8) is 0 Å². The zero-order valence-corrected chi connectivity index (χ0v) is 13.2. The van der Waals surface area contributed by atoms with Crippen molar-refractivity contribution in [1.82, 2.24) is 4.98 Å². The van der Waals surface area contributed by atoms with Gasteiger partial charge in [0.1, 0.15) is 13.2 Å². The minimum atomic E-state index is -3.69. The summed E-state index contributed by atoms with van der Waals surface area (Å²) in [6, 6.07) is 4.50. The third-order valence-corrected chi connectivity index (χ3v) is 5.38. The first-order valence-corrected chi connectivity index (χ1v) is 8.68. The molecule has 0 amide bonds. The average Bonchev–Trinajstić information content (AvgIpc) is 2.83. The Kier molecular flexibility index (Phi) is 3.57. The molecular weight excluding hydrogens is 368 g/mol. The third kappa shape index (κ3) is 2.74. The van der Waals surface area contributed by atoms with Crippen LogP contribution in [0.25, 0.3) is 0 Å². The molecule has 1 N–H and O–H groups in total. The van der Waals surface area contributed by atoms with E-state index in [0.717, 1.165) is 3.79 Å². The summed E-state index contributed by atoms with van der Waals surface area (Å²) in [6.07, 6.45) is 1.53. The Balaban J connectivity index is 1.91. The standard InChI is InChI=1S/C11H9BrN2O4S2/c12-10-6-13-11(19-10)14-20(15,16)7-1-2-8-9(5-7)18-4-3-17-8/h1-2,5-6H,3-4H2,(H,13,14). The Morgan fingerprint density at radius 1 is 1.25 bits per heavy atom. The summed E-state index contributed by atoms with van der Waals surface area (Å²) < 4.78 is 38.4. The molecule has 0 radical (unpaired) electrons. The van der Waals surface area contributed by atoms with Gasteiger partial charge in [0.2, 0.25) is 0 Å². The minimum Gasteiger partial charge on any atom is -0.486 e. The van der Waals surface area contributed by atoms with Gasteiger partial charge in [-0.05, 0) is 28.1 Å². The monoisotopic (exact) mass is 376 g/mol. The molecule has 0 bridgehead atoms. The van der Waals surface area contributed by atoms with Gasteiger partial charge in [0.25, 0.3) is 10.0 Å². The summed E-state index contributed by atoms with van der Waals surface area (Å²) in [4.78, 5) is 4.04.